The molecular weight excluding hydrogens is 672 g/mol. The van der Waals surface area contributed by atoms with E-state index in [4.69, 9.17) is 14.2 Å². The minimum Gasteiger partial charge on any atom is -0.445 e. The maximum Gasteiger partial charge on any atom is 0.415 e. The Labute approximate surface area is 301 Å². The molecule has 3 aromatic rings. The molecule has 2 unspecified atom stereocenters. The van der Waals surface area contributed by atoms with Crippen LogP contribution in [-0.2, 0) is 38.8 Å². The maximum absolute atomic E-state index is 13.5. The fourth-order valence-electron chi connectivity index (χ4n) is 6.30. The predicted molar refractivity (Wildman–Crippen MR) is 193 cm³/mol. The topological polar surface area (TPSA) is 181 Å². The lowest BCUT2D eigenvalue weighted by Gasteiger charge is -2.28. The average Bonchev–Trinajstić information content (AvgIpc) is 3.51. The summed E-state index contributed by atoms with van der Waals surface area (Å²) in [5.41, 5.74) is 5.73. The highest BCUT2D eigenvalue weighted by Gasteiger charge is 2.36. The third kappa shape index (κ3) is 8.17. The number of likely N-dealkylation sites (N-methyl/N-ethyl adjacent to an activating group) is 3. The first kappa shape index (κ1) is 37.7. The molecule has 2 aromatic carbocycles. The van der Waals surface area contributed by atoms with Crippen molar-refractivity contribution in [3.8, 4) is 5.75 Å². The molecule has 52 heavy (non-hydrogen) atoms. The molecule has 3 amide bonds. The largest absolute Gasteiger partial charge is 0.445 e. The van der Waals surface area contributed by atoms with Crippen molar-refractivity contribution in [3.63, 3.8) is 0 Å². The molecule has 0 fully saturated rings. The van der Waals surface area contributed by atoms with Crippen LogP contribution in [0.3, 0.4) is 0 Å². The highest BCUT2D eigenvalue weighted by Crippen LogP contribution is 2.46. The lowest BCUT2D eigenvalue weighted by atomic mass is 9.88. The molecule has 3 heterocycles. The third-order valence-corrected chi connectivity index (χ3v) is 9.07. The number of fused-ring (bicyclic) bond motifs is 4. The molecule has 0 saturated carbocycles. The summed E-state index contributed by atoms with van der Waals surface area (Å²) >= 11 is 0. The Bertz CT molecular complexity index is 1920. The molecule has 4 N–H and O–H groups in total. The monoisotopic (exact) mass is 716 g/mol. The summed E-state index contributed by atoms with van der Waals surface area (Å²) in [6.45, 7) is 2.89. The summed E-state index contributed by atoms with van der Waals surface area (Å²) in [7, 11) is 6.28. The molecule has 0 bridgehead atoms. The number of nitrogens with one attached hydrogen (secondary N) is 3. The van der Waals surface area contributed by atoms with Gasteiger partial charge < -0.3 is 54.4 Å². The molecule has 0 radical (unpaired) electrons. The molecule has 2 aliphatic heterocycles. The number of aliphatic hydroxyl groups is 1. The Morgan fingerprint density at radius 1 is 1.06 bits per heavy atom. The number of rotatable bonds is 14. The van der Waals surface area contributed by atoms with Crippen LogP contribution in [0.4, 0.5) is 21.0 Å². The number of methoxy groups -OCH3 is 1. The van der Waals surface area contributed by atoms with E-state index < -0.39 is 18.3 Å². The van der Waals surface area contributed by atoms with Crippen LogP contribution in [0, 0.1) is 0 Å². The van der Waals surface area contributed by atoms with E-state index in [2.05, 4.69) is 16.0 Å². The zero-order chi connectivity index (χ0) is 37.5. The van der Waals surface area contributed by atoms with Crippen molar-refractivity contribution in [2.45, 2.75) is 45.2 Å². The molecule has 2 aliphatic rings. The van der Waals surface area contributed by atoms with Crippen molar-refractivity contribution in [3.05, 3.63) is 92.4 Å². The first-order valence-corrected chi connectivity index (χ1v) is 16.8. The zero-order valence-electron chi connectivity index (χ0n) is 29.9. The van der Waals surface area contributed by atoms with Gasteiger partial charge in [0.2, 0.25) is 5.91 Å². The Morgan fingerprint density at radius 2 is 1.77 bits per heavy atom. The molecule has 0 spiro atoms. The van der Waals surface area contributed by atoms with Gasteiger partial charge >= 0.3 is 12.2 Å². The number of amides is 3. The Morgan fingerprint density at radius 3 is 2.42 bits per heavy atom. The summed E-state index contributed by atoms with van der Waals surface area (Å²) in [6, 6.07) is 13.6. The van der Waals surface area contributed by atoms with Gasteiger partial charge in [0.15, 0.2) is 6.29 Å². The van der Waals surface area contributed by atoms with Gasteiger partial charge in [0.1, 0.15) is 18.5 Å². The van der Waals surface area contributed by atoms with Gasteiger partial charge in [0, 0.05) is 74.6 Å². The Kier molecular flexibility index (Phi) is 12.1. The summed E-state index contributed by atoms with van der Waals surface area (Å²) in [6.07, 6.45) is -1.59. The van der Waals surface area contributed by atoms with E-state index in [0.29, 0.717) is 36.4 Å². The second-order valence-corrected chi connectivity index (χ2v) is 12.6. The van der Waals surface area contributed by atoms with Crippen molar-refractivity contribution >= 4 is 41.3 Å². The number of carbonyl (C=O) groups is 4. The number of aldehydes is 1. The van der Waals surface area contributed by atoms with Gasteiger partial charge in [-0.25, -0.2) is 9.59 Å². The third-order valence-electron chi connectivity index (χ3n) is 9.07. The predicted octanol–water partition coefficient (Wildman–Crippen LogP) is 3.43. The highest BCUT2D eigenvalue weighted by atomic mass is 16.6. The van der Waals surface area contributed by atoms with Crippen molar-refractivity contribution in [1.29, 1.82) is 0 Å². The number of pyridine rings is 1. The van der Waals surface area contributed by atoms with Crippen molar-refractivity contribution in [2.24, 2.45) is 0 Å². The minimum absolute atomic E-state index is 0.0393. The number of allylic oxidation sites excluding steroid dienone is 1. The van der Waals surface area contributed by atoms with Crippen LogP contribution in [0.25, 0.3) is 5.57 Å². The van der Waals surface area contributed by atoms with Crippen LogP contribution in [-0.4, -0.2) is 91.7 Å². The van der Waals surface area contributed by atoms with Crippen LogP contribution in [0.15, 0.2) is 58.9 Å². The number of carbonyl (C=O) groups excluding carboxylic acids is 4. The van der Waals surface area contributed by atoms with Crippen molar-refractivity contribution in [1.82, 2.24) is 19.7 Å². The van der Waals surface area contributed by atoms with E-state index in [9.17, 15) is 29.1 Å². The summed E-state index contributed by atoms with van der Waals surface area (Å²) in [4.78, 5) is 65.1. The molecular formula is C37H44N6O9. The average molecular weight is 717 g/mol. The van der Waals surface area contributed by atoms with Crippen LogP contribution >= 0.6 is 0 Å². The quantitative estimate of drug-likeness (QED) is 0.180. The SMILES string of the molecule is CCC1=C2Cn3c(cc(C(O)C=O)c(COC)c3=O)C2Nc2ccc(OC(=O)N(C)CCN(C)C(=O)OCc3ccc(NC(=O)CNC)cc3)cc21. The lowest BCUT2D eigenvalue weighted by molar-refractivity contribution is -0.115. The summed E-state index contributed by atoms with van der Waals surface area (Å²) < 4.78 is 18.0. The highest BCUT2D eigenvalue weighted by molar-refractivity contribution is 5.92. The van der Waals surface area contributed by atoms with E-state index in [0.717, 1.165) is 28.0 Å². The number of hydrogen-bond acceptors (Lipinski definition) is 11. The van der Waals surface area contributed by atoms with Crippen molar-refractivity contribution in [2.75, 3.05) is 58.5 Å². The molecule has 2 atom stereocenters. The van der Waals surface area contributed by atoms with Gasteiger partial charge in [0.25, 0.3) is 5.56 Å². The van der Waals surface area contributed by atoms with Gasteiger partial charge in [-0.2, -0.15) is 0 Å². The van der Waals surface area contributed by atoms with Gasteiger partial charge in [-0.05, 0) is 66.6 Å². The molecule has 0 aliphatic carbocycles. The van der Waals surface area contributed by atoms with Crippen LogP contribution < -0.4 is 26.2 Å². The van der Waals surface area contributed by atoms with Gasteiger partial charge in [-0.3, -0.25) is 9.59 Å². The summed E-state index contributed by atoms with van der Waals surface area (Å²) in [5.74, 6) is 0.163. The lowest BCUT2D eigenvalue weighted by Crippen LogP contribution is -2.38. The standard InChI is InChI=1S/C37H44N6O9/c1-6-25-26-15-24(11-12-30(26)40-34-28(25)18-43-31(34)16-27(32(45)19-44)29(21-50-5)35(43)47)52-37(49)42(4)14-13-41(3)36(48)51-20-22-7-9-23(10-8-22)39-33(46)17-38-2/h7-12,15-16,19,32,34,38,40,45H,6,13-14,17-18,20-21H2,1-5H3,(H,39,46). The first-order chi connectivity index (χ1) is 25.0. The molecule has 5 rings (SSSR count). The number of ether oxygens (including phenoxy) is 3. The van der Waals surface area contributed by atoms with E-state index in [1.807, 2.05) is 13.0 Å². The number of nitrogens with zero attached hydrogens (tertiary/aromatic N) is 3. The Hall–Kier alpha value is -5.51. The zero-order valence-corrected chi connectivity index (χ0v) is 29.9. The number of hydrogen-bond donors (Lipinski definition) is 4. The Balaban J connectivity index is 1.19. The first-order valence-electron chi connectivity index (χ1n) is 16.8. The number of aliphatic hydroxyl groups excluding tert-OH is 1. The van der Waals surface area contributed by atoms with E-state index in [1.165, 1.54) is 16.9 Å². The number of anilines is 2. The fraction of sp³-hybridized carbons (Fsp3) is 0.378. The maximum atomic E-state index is 13.5. The molecule has 15 heteroatoms. The van der Waals surface area contributed by atoms with E-state index in [1.54, 1.807) is 68.2 Å². The molecule has 1 aromatic heterocycles. The van der Waals surface area contributed by atoms with E-state index in [-0.39, 0.29) is 61.5 Å². The fourth-order valence-corrected chi connectivity index (χ4v) is 6.30. The molecule has 276 valence electrons. The van der Waals surface area contributed by atoms with Gasteiger partial charge in [-0.1, -0.05) is 19.1 Å². The number of aromatic nitrogens is 1. The normalized spacial score (nSPS) is 14.7. The smallest absolute Gasteiger partial charge is 0.415 e. The van der Waals surface area contributed by atoms with E-state index >= 15 is 0 Å². The van der Waals surface area contributed by atoms with Crippen molar-refractivity contribution < 1.29 is 38.5 Å². The molecule has 15 nitrogen and oxygen atoms in total. The number of benzene rings is 2. The van der Waals surface area contributed by atoms with Crippen LogP contribution in [0.1, 0.15) is 53.4 Å². The minimum atomic E-state index is -1.46. The van der Waals surface area contributed by atoms with Gasteiger partial charge in [-0.15, -0.1) is 0 Å². The summed E-state index contributed by atoms with van der Waals surface area (Å²) in [5, 5.41) is 19.4. The second-order valence-electron chi connectivity index (χ2n) is 12.6. The molecule has 0 saturated heterocycles. The van der Waals surface area contributed by atoms with Gasteiger partial charge in [0.05, 0.1) is 19.2 Å². The van der Waals surface area contributed by atoms with Crippen LogP contribution in [0.2, 0.25) is 0 Å². The van der Waals surface area contributed by atoms with Crippen LogP contribution in [0.5, 0.6) is 5.75 Å². The second kappa shape index (κ2) is 16.7.